The molecule has 0 unspecified atom stereocenters. The van der Waals surface area contributed by atoms with Gasteiger partial charge in [-0.15, -0.1) is 0 Å². The predicted molar refractivity (Wildman–Crippen MR) is 111 cm³/mol. The van der Waals surface area contributed by atoms with Crippen molar-refractivity contribution in [1.29, 1.82) is 0 Å². The molecular weight excluding hydrogens is 366 g/mol. The lowest BCUT2D eigenvalue weighted by Gasteiger charge is -2.35. The fraction of sp³-hybridized carbons (Fsp3) is 0.391. The lowest BCUT2D eigenvalue weighted by molar-refractivity contribution is -0.915. The van der Waals surface area contributed by atoms with E-state index in [9.17, 15) is 9.59 Å². The molecule has 0 radical (unpaired) electrons. The van der Waals surface area contributed by atoms with Crippen LogP contribution in [0.4, 0.5) is 5.69 Å². The summed E-state index contributed by atoms with van der Waals surface area (Å²) in [5.41, 5.74) is 2.32. The van der Waals surface area contributed by atoms with Crippen molar-refractivity contribution in [2.45, 2.75) is 18.9 Å². The zero-order valence-electron chi connectivity index (χ0n) is 16.8. The Morgan fingerprint density at radius 1 is 1.00 bits per heavy atom. The van der Waals surface area contributed by atoms with E-state index in [1.807, 2.05) is 42.5 Å². The van der Waals surface area contributed by atoms with Crippen molar-refractivity contribution in [2.24, 2.45) is 0 Å². The Kier molecular flexibility index (Phi) is 5.81. The molecule has 6 heteroatoms. The van der Waals surface area contributed by atoms with E-state index < -0.39 is 0 Å². The number of rotatable bonds is 6. The summed E-state index contributed by atoms with van der Waals surface area (Å²) in [6.07, 6.45) is 1.05. The van der Waals surface area contributed by atoms with Crippen LogP contribution in [-0.4, -0.2) is 62.6 Å². The van der Waals surface area contributed by atoms with Gasteiger partial charge in [0.25, 0.3) is 5.91 Å². The number of hydrogen-bond donors (Lipinski definition) is 1. The number of anilines is 1. The fourth-order valence-electron chi connectivity index (χ4n) is 4.32. The van der Waals surface area contributed by atoms with E-state index >= 15 is 0 Å². The number of hydrogen-bond acceptors (Lipinski definition) is 4. The van der Waals surface area contributed by atoms with E-state index in [1.165, 1.54) is 15.5 Å². The molecule has 0 saturated carbocycles. The van der Waals surface area contributed by atoms with Gasteiger partial charge >= 0.3 is 0 Å². The van der Waals surface area contributed by atoms with Gasteiger partial charge in [-0.1, -0.05) is 30.3 Å². The largest absolute Gasteiger partial charge is 0.497 e. The molecule has 2 amide bonds. The third-order valence-corrected chi connectivity index (χ3v) is 6.05. The molecule has 29 heavy (non-hydrogen) atoms. The Bertz CT molecular complexity index is 845. The standard InChI is InChI=1S/C23H27N3O3/c1-29-20-9-7-19(8-10-20)24-13-15-25(16-14-24)21-17-22(27)26(23(21)28)12-11-18-5-3-2-4-6-18/h2-10,21H,11-17H2,1H3/p+1/t21-/m0/s1. The van der Waals surface area contributed by atoms with Crippen LogP contribution in [0.3, 0.4) is 0 Å². The number of likely N-dealkylation sites (tertiary alicyclic amines) is 1. The summed E-state index contributed by atoms with van der Waals surface area (Å²) in [4.78, 5) is 30.4. The van der Waals surface area contributed by atoms with Crippen molar-refractivity contribution >= 4 is 17.5 Å². The predicted octanol–water partition coefficient (Wildman–Crippen LogP) is 0.770. The summed E-state index contributed by atoms with van der Waals surface area (Å²) in [7, 11) is 1.67. The lowest BCUT2D eigenvalue weighted by atomic mass is 10.1. The maximum atomic E-state index is 12.9. The molecule has 2 fully saturated rings. The minimum Gasteiger partial charge on any atom is -0.497 e. The van der Waals surface area contributed by atoms with Crippen LogP contribution in [0.2, 0.25) is 0 Å². The quantitative estimate of drug-likeness (QED) is 0.736. The number of nitrogens with zero attached hydrogens (tertiary/aromatic N) is 2. The van der Waals surface area contributed by atoms with Crippen molar-refractivity contribution in [3.8, 4) is 5.75 Å². The molecule has 1 N–H and O–H groups in total. The highest BCUT2D eigenvalue weighted by Gasteiger charge is 2.45. The van der Waals surface area contributed by atoms with Gasteiger partial charge < -0.3 is 14.5 Å². The number of quaternary nitrogens is 1. The van der Waals surface area contributed by atoms with E-state index in [-0.39, 0.29) is 17.9 Å². The fourth-order valence-corrected chi connectivity index (χ4v) is 4.32. The van der Waals surface area contributed by atoms with Crippen LogP contribution >= 0.6 is 0 Å². The molecule has 0 aliphatic carbocycles. The maximum absolute atomic E-state index is 12.9. The van der Waals surface area contributed by atoms with E-state index in [4.69, 9.17) is 4.74 Å². The highest BCUT2D eigenvalue weighted by Crippen LogP contribution is 2.19. The second kappa shape index (κ2) is 8.66. The number of ether oxygens (including phenoxy) is 1. The topological polar surface area (TPSA) is 54.3 Å². The first-order valence-corrected chi connectivity index (χ1v) is 10.3. The summed E-state index contributed by atoms with van der Waals surface area (Å²) in [5.74, 6) is 0.823. The Hall–Kier alpha value is -2.86. The molecule has 6 nitrogen and oxygen atoms in total. The van der Waals surface area contributed by atoms with Gasteiger partial charge in [-0.05, 0) is 36.2 Å². The number of nitrogens with one attached hydrogen (secondary N) is 1. The van der Waals surface area contributed by atoms with Crippen LogP contribution in [0.5, 0.6) is 5.75 Å². The zero-order valence-corrected chi connectivity index (χ0v) is 16.8. The molecule has 2 saturated heterocycles. The van der Waals surface area contributed by atoms with Crippen LogP contribution in [0.25, 0.3) is 0 Å². The van der Waals surface area contributed by atoms with Crippen LogP contribution in [0, 0.1) is 0 Å². The normalized spacial score (nSPS) is 20.4. The van der Waals surface area contributed by atoms with E-state index in [2.05, 4.69) is 17.0 Å². The first-order valence-electron chi connectivity index (χ1n) is 10.3. The highest BCUT2D eigenvalue weighted by atomic mass is 16.5. The van der Waals surface area contributed by atoms with Crippen molar-refractivity contribution in [3.63, 3.8) is 0 Å². The summed E-state index contributed by atoms with van der Waals surface area (Å²) in [6.45, 7) is 3.96. The molecule has 1 atom stereocenters. The van der Waals surface area contributed by atoms with Gasteiger partial charge in [-0.2, -0.15) is 0 Å². The number of carbonyl (C=O) groups is 2. The minimum absolute atomic E-state index is 0.00108. The van der Waals surface area contributed by atoms with E-state index in [0.29, 0.717) is 19.4 Å². The first-order chi connectivity index (χ1) is 14.2. The smallest absolute Gasteiger partial charge is 0.288 e. The molecule has 0 bridgehead atoms. The van der Waals surface area contributed by atoms with E-state index in [0.717, 1.165) is 37.5 Å². The molecule has 2 aromatic rings. The molecule has 4 rings (SSSR count). The molecule has 0 spiro atoms. The van der Waals surface area contributed by atoms with E-state index in [1.54, 1.807) is 7.11 Å². The SMILES string of the molecule is COc1ccc(N2CC[NH+]([C@H]3CC(=O)N(CCc4ccccc4)C3=O)CC2)cc1. The Morgan fingerprint density at radius 2 is 1.69 bits per heavy atom. The average molecular weight is 394 g/mol. The summed E-state index contributed by atoms with van der Waals surface area (Å²) in [6, 6.07) is 17.9. The van der Waals surface area contributed by atoms with Crippen LogP contribution in [0.15, 0.2) is 54.6 Å². The first kappa shape index (κ1) is 19.5. The van der Waals surface area contributed by atoms with Crippen LogP contribution in [0.1, 0.15) is 12.0 Å². The van der Waals surface area contributed by atoms with Crippen LogP contribution < -0.4 is 14.5 Å². The number of benzene rings is 2. The molecule has 2 aliphatic rings. The highest BCUT2D eigenvalue weighted by molar-refractivity contribution is 6.04. The van der Waals surface area contributed by atoms with Gasteiger partial charge in [0.1, 0.15) is 5.75 Å². The number of piperazine rings is 1. The number of methoxy groups -OCH3 is 1. The monoisotopic (exact) mass is 394 g/mol. The lowest BCUT2D eigenvalue weighted by Crippen LogP contribution is -3.19. The molecule has 2 aliphatic heterocycles. The van der Waals surface area contributed by atoms with Gasteiger partial charge in [-0.3, -0.25) is 14.5 Å². The Morgan fingerprint density at radius 3 is 2.34 bits per heavy atom. The summed E-state index contributed by atoms with van der Waals surface area (Å²) >= 11 is 0. The van der Waals surface area contributed by atoms with Crippen LogP contribution in [-0.2, 0) is 16.0 Å². The molecule has 2 heterocycles. The Labute approximate surface area is 171 Å². The second-order valence-corrected chi connectivity index (χ2v) is 7.72. The summed E-state index contributed by atoms with van der Waals surface area (Å²) < 4.78 is 5.22. The zero-order chi connectivity index (χ0) is 20.2. The number of imide groups is 1. The third kappa shape index (κ3) is 4.27. The van der Waals surface area contributed by atoms with Gasteiger partial charge in [0, 0.05) is 12.2 Å². The average Bonchev–Trinajstić information content (AvgIpc) is 3.06. The summed E-state index contributed by atoms with van der Waals surface area (Å²) in [5, 5.41) is 0. The molecule has 0 aromatic heterocycles. The maximum Gasteiger partial charge on any atom is 0.288 e. The van der Waals surface area contributed by atoms with Crippen molar-refractivity contribution < 1.29 is 19.2 Å². The van der Waals surface area contributed by atoms with Gasteiger partial charge in [0.15, 0.2) is 6.04 Å². The Balaban J connectivity index is 1.32. The number of carbonyl (C=O) groups excluding carboxylic acids is 2. The van der Waals surface area contributed by atoms with Crippen molar-refractivity contribution in [2.75, 3.05) is 44.7 Å². The van der Waals surface area contributed by atoms with Crippen molar-refractivity contribution in [1.82, 2.24) is 4.90 Å². The number of amides is 2. The third-order valence-electron chi connectivity index (χ3n) is 6.05. The molecule has 2 aromatic carbocycles. The molecule has 152 valence electrons. The van der Waals surface area contributed by atoms with Gasteiger partial charge in [0.2, 0.25) is 5.91 Å². The van der Waals surface area contributed by atoms with Gasteiger partial charge in [-0.25, -0.2) is 0 Å². The minimum atomic E-state index is -0.226. The van der Waals surface area contributed by atoms with Crippen molar-refractivity contribution in [3.05, 3.63) is 60.2 Å². The molecular formula is C23H28N3O3+. The van der Waals surface area contributed by atoms with Gasteiger partial charge in [0.05, 0.1) is 39.7 Å². The second-order valence-electron chi connectivity index (χ2n) is 7.72.